The average Bonchev–Trinajstić information content (AvgIpc) is 3.29. The van der Waals surface area contributed by atoms with E-state index >= 15 is 0 Å². The number of nitrogens with zero attached hydrogens (tertiary/aromatic N) is 3. The zero-order valence-electron chi connectivity index (χ0n) is 18.4. The number of H-pyrrole nitrogens is 1. The van der Waals surface area contributed by atoms with E-state index in [0.717, 1.165) is 44.7 Å². The van der Waals surface area contributed by atoms with Gasteiger partial charge in [0, 0.05) is 25.2 Å². The number of fused-ring (bicyclic) bond motifs is 3. The number of carbonyl (C=O) groups is 1. The first-order valence-electron chi connectivity index (χ1n) is 10.3. The molecule has 0 saturated heterocycles. The highest BCUT2D eigenvalue weighted by molar-refractivity contribution is 6.07. The van der Waals surface area contributed by atoms with Crippen LogP contribution in [0.3, 0.4) is 0 Å². The normalized spacial score (nSPS) is 13.0. The molecule has 162 valence electrons. The van der Waals surface area contributed by atoms with E-state index in [0.29, 0.717) is 0 Å². The lowest BCUT2D eigenvalue weighted by Crippen LogP contribution is -2.33. The van der Waals surface area contributed by atoms with Gasteiger partial charge in [-0.25, -0.2) is 9.97 Å². The van der Waals surface area contributed by atoms with Crippen molar-refractivity contribution >= 4 is 33.8 Å². The van der Waals surface area contributed by atoms with Gasteiger partial charge in [-0.15, -0.1) is 0 Å². The number of hydrogen-bond acceptors (Lipinski definition) is 5. The molecule has 4 aromatic rings. The highest BCUT2D eigenvalue weighted by Crippen LogP contribution is 2.32. The molecule has 0 aliphatic rings. The molecule has 0 fully saturated rings. The molecule has 4 N–H and O–H groups in total. The molecule has 8 nitrogen and oxygen atoms in total. The Balaban J connectivity index is 1.68. The maximum atomic E-state index is 12.2. The Bertz CT molecular complexity index is 1260. The summed E-state index contributed by atoms with van der Waals surface area (Å²) in [6, 6.07) is 9.94. The molecule has 31 heavy (non-hydrogen) atoms. The Hall–Kier alpha value is -3.39. The van der Waals surface area contributed by atoms with E-state index in [9.17, 15) is 9.90 Å². The van der Waals surface area contributed by atoms with Gasteiger partial charge in [0.2, 0.25) is 5.91 Å². The molecule has 0 aliphatic heterocycles. The van der Waals surface area contributed by atoms with E-state index in [1.54, 1.807) is 20.2 Å². The van der Waals surface area contributed by atoms with Crippen molar-refractivity contribution in [2.24, 2.45) is 7.05 Å². The van der Waals surface area contributed by atoms with Crippen LogP contribution in [0.5, 0.6) is 0 Å². The van der Waals surface area contributed by atoms with Crippen LogP contribution in [0.4, 0.5) is 5.82 Å². The molecule has 0 spiro atoms. The molecule has 0 bridgehead atoms. The van der Waals surface area contributed by atoms with Crippen LogP contribution in [0.1, 0.15) is 38.8 Å². The number of benzene rings is 1. The Labute approximate surface area is 180 Å². The molecule has 0 radical (unpaired) electrons. The first kappa shape index (κ1) is 20.9. The van der Waals surface area contributed by atoms with Gasteiger partial charge in [0.1, 0.15) is 11.2 Å². The van der Waals surface area contributed by atoms with Gasteiger partial charge in [-0.2, -0.15) is 0 Å². The number of aliphatic hydroxyl groups is 1. The van der Waals surface area contributed by atoms with E-state index < -0.39 is 5.60 Å². The summed E-state index contributed by atoms with van der Waals surface area (Å²) in [6.45, 7) is 5.19. The van der Waals surface area contributed by atoms with Crippen molar-refractivity contribution in [2.45, 2.75) is 38.8 Å². The van der Waals surface area contributed by atoms with Crippen LogP contribution in [-0.4, -0.2) is 43.2 Å². The third kappa shape index (κ3) is 4.11. The second kappa shape index (κ2) is 7.70. The molecule has 1 amide bonds. The van der Waals surface area contributed by atoms with Crippen molar-refractivity contribution in [3.8, 4) is 11.3 Å². The Morgan fingerprint density at radius 1 is 1.32 bits per heavy atom. The van der Waals surface area contributed by atoms with Crippen LogP contribution in [0.2, 0.25) is 0 Å². The molecule has 0 saturated carbocycles. The molecule has 4 rings (SSSR count). The van der Waals surface area contributed by atoms with Crippen molar-refractivity contribution in [3.05, 3.63) is 42.2 Å². The predicted molar refractivity (Wildman–Crippen MR) is 123 cm³/mol. The Kier molecular flexibility index (Phi) is 5.18. The monoisotopic (exact) mass is 420 g/mol. The minimum Gasteiger partial charge on any atom is -0.390 e. The van der Waals surface area contributed by atoms with E-state index in [4.69, 9.17) is 0 Å². The SMILES string of the molecule is CNc1nc2[nH]c(-c3cccc(C(C)NC(=O)CC(C)(C)O)c3)cc2c2c1ncn2C. The van der Waals surface area contributed by atoms with Crippen molar-refractivity contribution in [1.29, 1.82) is 0 Å². The molecule has 3 aromatic heterocycles. The van der Waals surface area contributed by atoms with Gasteiger partial charge in [-0.3, -0.25) is 4.79 Å². The molecule has 1 unspecified atom stereocenters. The van der Waals surface area contributed by atoms with Gasteiger partial charge in [0.25, 0.3) is 0 Å². The lowest BCUT2D eigenvalue weighted by Gasteiger charge is -2.20. The van der Waals surface area contributed by atoms with Gasteiger partial charge in [-0.05, 0) is 44.0 Å². The predicted octanol–water partition coefficient (Wildman–Crippen LogP) is 3.50. The molecule has 1 aromatic carbocycles. The first-order valence-corrected chi connectivity index (χ1v) is 10.3. The topological polar surface area (TPSA) is 108 Å². The molecule has 8 heteroatoms. The number of anilines is 1. The lowest BCUT2D eigenvalue weighted by molar-refractivity contribution is -0.125. The van der Waals surface area contributed by atoms with Crippen LogP contribution < -0.4 is 10.6 Å². The molecular formula is C23H28N6O2. The van der Waals surface area contributed by atoms with Crippen LogP contribution in [0, 0.1) is 0 Å². The van der Waals surface area contributed by atoms with E-state index in [1.807, 2.05) is 43.8 Å². The number of pyridine rings is 1. The van der Waals surface area contributed by atoms with Gasteiger partial charge in [-0.1, -0.05) is 18.2 Å². The lowest BCUT2D eigenvalue weighted by atomic mass is 10.0. The third-order valence-corrected chi connectivity index (χ3v) is 5.34. The van der Waals surface area contributed by atoms with Crippen LogP contribution in [0.25, 0.3) is 33.3 Å². The van der Waals surface area contributed by atoms with Crippen molar-refractivity contribution in [3.63, 3.8) is 0 Å². The quantitative estimate of drug-likeness (QED) is 0.382. The highest BCUT2D eigenvalue weighted by atomic mass is 16.3. The molecular weight excluding hydrogens is 392 g/mol. The fraction of sp³-hybridized carbons (Fsp3) is 0.348. The number of aromatic amines is 1. The van der Waals surface area contributed by atoms with Crippen LogP contribution in [0.15, 0.2) is 36.7 Å². The Morgan fingerprint density at radius 3 is 2.81 bits per heavy atom. The van der Waals surface area contributed by atoms with E-state index in [2.05, 4.69) is 37.7 Å². The van der Waals surface area contributed by atoms with Gasteiger partial charge >= 0.3 is 0 Å². The standard InChI is InChI=1S/C23H28N6O2/c1-13(26-18(30)11-23(2,3)31)14-7-6-8-15(9-14)17-10-16-20-19(25-12-29(20)5)22(24-4)28-21(16)27-17/h6-10,12-13,31H,11H2,1-5H3,(H,26,30)(H2,24,27,28). The van der Waals surface area contributed by atoms with Crippen LogP contribution >= 0.6 is 0 Å². The minimum atomic E-state index is -1.04. The van der Waals surface area contributed by atoms with Crippen molar-refractivity contribution in [2.75, 3.05) is 12.4 Å². The van der Waals surface area contributed by atoms with Crippen LogP contribution in [-0.2, 0) is 11.8 Å². The number of imidazole rings is 1. The minimum absolute atomic E-state index is 0.0548. The number of aryl methyl sites for hydroxylation is 1. The maximum Gasteiger partial charge on any atom is 0.223 e. The summed E-state index contributed by atoms with van der Waals surface area (Å²) in [5, 5.41) is 16.9. The van der Waals surface area contributed by atoms with Gasteiger partial charge in [0.05, 0.1) is 29.9 Å². The van der Waals surface area contributed by atoms with Crippen molar-refractivity contribution < 1.29 is 9.90 Å². The second-order valence-electron chi connectivity index (χ2n) is 8.61. The smallest absolute Gasteiger partial charge is 0.223 e. The zero-order chi connectivity index (χ0) is 22.3. The third-order valence-electron chi connectivity index (χ3n) is 5.34. The number of nitrogens with one attached hydrogen (secondary N) is 3. The number of hydrogen-bond donors (Lipinski definition) is 4. The fourth-order valence-electron chi connectivity index (χ4n) is 3.87. The maximum absolute atomic E-state index is 12.2. The number of carbonyl (C=O) groups excluding carboxylic acids is 1. The van der Waals surface area contributed by atoms with Gasteiger partial charge in [0.15, 0.2) is 5.82 Å². The molecule has 0 aliphatic carbocycles. The number of rotatable bonds is 6. The molecule has 1 atom stereocenters. The summed E-state index contributed by atoms with van der Waals surface area (Å²) in [5.74, 6) is 0.548. The highest BCUT2D eigenvalue weighted by Gasteiger charge is 2.20. The zero-order valence-corrected chi connectivity index (χ0v) is 18.4. The van der Waals surface area contributed by atoms with Crippen molar-refractivity contribution in [1.82, 2.24) is 24.8 Å². The summed E-state index contributed by atoms with van der Waals surface area (Å²) in [7, 11) is 3.81. The second-order valence-corrected chi connectivity index (χ2v) is 8.61. The average molecular weight is 421 g/mol. The summed E-state index contributed by atoms with van der Waals surface area (Å²) < 4.78 is 1.99. The van der Waals surface area contributed by atoms with E-state index in [-0.39, 0.29) is 18.4 Å². The van der Waals surface area contributed by atoms with E-state index in [1.165, 1.54) is 0 Å². The summed E-state index contributed by atoms with van der Waals surface area (Å²) >= 11 is 0. The summed E-state index contributed by atoms with van der Waals surface area (Å²) in [5.41, 5.74) is 4.52. The Morgan fingerprint density at radius 2 is 2.10 bits per heavy atom. The number of aromatic nitrogens is 4. The largest absolute Gasteiger partial charge is 0.390 e. The first-order chi connectivity index (χ1) is 14.7. The summed E-state index contributed by atoms with van der Waals surface area (Å²) in [6.07, 6.45) is 1.84. The molecule has 3 heterocycles. The summed E-state index contributed by atoms with van der Waals surface area (Å²) in [4.78, 5) is 24.8. The van der Waals surface area contributed by atoms with Gasteiger partial charge < -0.3 is 25.3 Å². The number of amides is 1. The fourth-order valence-corrected chi connectivity index (χ4v) is 3.87.